The van der Waals surface area contributed by atoms with Crippen LogP contribution in [0, 0.1) is 5.82 Å². The molecule has 36 heavy (non-hydrogen) atoms. The van der Waals surface area contributed by atoms with E-state index in [9.17, 15) is 24.5 Å². The maximum Gasteiger partial charge on any atom is 0.164 e. The number of aliphatic hydroxyl groups excluding tert-OH is 3. The summed E-state index contributed by atoms with van der Waals surface area (Å²) in [6.45, 7) is -0.0465. The number of Topliss-reactive ketones (excluding diaryl/α,β-unsaturated/α-hetero) is 1. The van der Waals surface area contributed by atoms with E-state index < -0.39 is 42.9 Å². The van der Waals surface area contributed by atoms with Crippen molar-refractivity contribution in [2.75, 3.05) is 25.6 Å². The highest BCUT2D eigenvalue weighted by atomic mass is 19.1. The number of aromatic nitrogens is 3. The molecule has 0 amide bonds. The number of aliphatic hydroxyl groups is 3. The molecule has 3 aromatic rings. The van der Waals surface area contributed by atoms with Crippen LogP contribution in [0.15, 0.2) is 54.7 Å². The summed E-state index contributed by atoms with van der Waals surface area (Å²) in [4.78, 5) is 12.9. The van der Waals surface area contributed by atoms with Gasteiger partial charge in [0.2, 0.25) is 0 Å². The molecule has 1 fully saturated rings. The number of carbonyl (C=O) groups excluding carboxylic acids is 1. The number of carbonyl (C=O) groups is 1. The Morgan fingerprint density at radius 1 is 1.19 bits per heavy atom. The monoisotopic (exact) mass is 500 g/mol. The average molecular weight is 501 g/mol. The fourth-order valence-corrected chi connectivity index (χ4v) is 4.23. The first-order valence-corrected chi connectivity index (χ1v) is 11.6. The minimum atomic E-state index is -1.44. The zero-order valence-electron chi connectivity index (χ0n) is 19.7. The van der Waals surface area contributed by atoms with Gasteiger partial charge in [-0.1, -0.05) is 17.3 Å². The number of nitrogens with zero attached hydrogens (tertiary/aromatic N) is 3. The number of halogens is 1. The summed E-state index contributed by atoms with van der Waals surface area (Å²) in [5.74, 6) is -0.0645. The van der Waals surface area contributed by atoms with Crippen molar-refractivity contribution in [1.82, 2.24) is 15.0 Å². The summed E-state index contributed by atoms with van der Waals surface area (Å²) >= 11 is 0. The number of ether oxygens (including phenoxy) is 2. The van der Waals surface area contributed by atoms with Crippen molar-refractivity contribution in [2.24, 2.45) is 0 Å². The fourth-order valence-electron chi connectivity index (χ4n) is 4.23. The quantitative estimate of drug-likeness (QED) is 0.306. The van der Waals surface area contributed by atoms with E-state index in [-0.39, 0.29) is 12.2 Å². The number of nitrogens with one attached hydrogen (secondary N) is 1. The van der Waals surface area contributed by atoms with Gasteiger partial charge >= 0.3 is 0 Å². The van der Waals surface area contributed by atoms with E-state index in [4.69, 9.17) is 9.47 Å². The third-order valence-electron chi connectivity index (χ3n) is 6.16. The lowest BCUT2D eigenvalue weighted by Gasteiger charge is -2.41. The molecule has 10 nitrogen and oxygen atoms in total. The topological polar surface area (TPSA) is 139 Å². The second kappa shape index (κ2) is 11.6. The summed E-state index contributed by atoms with van der Waals surface area (Å²) in [6.07, 6.45) is -3.13. The Labute approximate surface area is 207 Å². The summed E-state index contributed by atoms with van der Waals surface area (Å²) < 4.78 is 25.5. The smallest absolute Gasteiger partial charge is 0.164 e. The van der Waals surface area contributed by atoms with Gasteiger partial charge in [-0.25, -0.2) is 9.07 Å². The number of hydrogen-bond acceptors (Lipinski definition) is 9. The molecular weight excluding hydrogens is 471 g/mol. The van der Waals surface area contributed by atoms with Crippen LogP contribution in [0.5, 0.6) is 5.75 Å². The highest BCUT2D eigenvalue weighted by molar-refractivity contribution is 5.84. The van der Waals surface area contributed by atoms with E-state index in [1.165, 1.54) is 29.1 Å². The molecule has 0 unspecified atom stereocenters. The highest BCUT2D eigenvalue weighted by Gasteiger charge is 2.48. The number of anilines is 1. The van der Waals surface area contributed by atoms with Crippen LogP contribution in [-0.2, 0) is 9.53 Å². The van der Waals surface area contributed by atoms with Gasteiger partial charge in [-0.2, -0.15) is 0 Å². The molecule has 2 aromatic carbocycles. The van der Waals surface area contributed by atoms with Gasteiger partial charge in [-0.15, -0.1) is 5.10 Å². The molecule has 0 saturated carbocycles. The maximum absolute atomic E-state index is 13.6. The van der Waals surface area contributed by atoms with Crippen LogP contribution in [0.2, 0.25) is 0 Å². The minimum absolute atomic E-state index is 0.109. The lowest BCUT2D eigenvalue weighted by molar-refractivity contribution is -0.205. The van der Waals surface area contributed by atoms with Crippen molar-refractivity contribution in [1.29, 1.82) is 0 Å². The summed E-state index contributed by atoms with van der Waals surface area (Å²) in [5, 5.41) is 42.6. The Morgan fingerprint density at radius 3 is 2.67 bits per heavy atom. The lowest BCUT2D eigenvalue weighted by atomic mass is 9.89. The van der Waals surface area contributed by atoms with Crippen molar-refractivity contribution in [3.63, 3.8) is 0 Å². The standard InChI is InChI=1S/C25H29FN4O6/c1-35-18-9-7-17(8-10-18)27-11-3-6-20(32)25-24(34)22(23(33)21(14-31)36-25)30-13-19(28-29-30)15-4-2-5-16(26)12-15/h2,4-5,7-10,12-13,21-25,27,31,33-34H,3,6,11,14H2,1H3/t21-,22+,23+,24-,25+/m1/s1. The van der Waals surface area contributed by atoms with E-state index in [0.29, 0.717) is 24.2 Å². The second-order valence-corrected chi connectivity index (χ2v) is 8.57. The number of methoxy groups -OCH3 is 1. The molecule has 1 aliphatic heterocycles. The Bertz CT molecular complexity index is 1160. The van der Waals surface area contributed by atoms with Crippen LogP contribution < -0.4 is 10.1 Å². The van der Waals surface area contributed by atoms with Crippen LogP contribution in [0.4, 0.5) is 10.1 Å². The molecule has 1 aromatic heterocycles. The number of rotatable bonds is 10. The summed E-state index contributed by atoms with van der Waals surface area (Å²) in [6, 6.07) is 12.0. The van der Waals surface area contributed by atoms with Gasteiger partial charge in [-0.3, -0.25) is 4.79 Å². The Hall–Kier alpha value is -3.38. The first-order chi connectivity index (χ1) is 17.4. The van der Waals surface area contributed by atoms with Gasteiger partial charge < -0.3 is 30.1 Å². The molecule has 0 aliphatic carbocycles. The highest BCUT2D eigenvalue weighted by Crippen LogP contribution is 2.32. The molecule has 0 bridgehead atoms. The van der Waals surface area contributed by atoms with Gasteiger partial charge in [0.1, 0.15) is 47.7 Å². The Kier molecular flexibility index (Phi) is 8.26. The number of hydrogen-bond donors (Lipinski definition) is 4. The SMILES string of the molecule is COc1ccc(NCCCC(=O)[C@@H]2O[C@H](CO)[C@H](O)[C@H](n3cc(-c4cccc(F)c4)nn3)[C@H]2O)cc1. The molecule has 11 heteroatoms. The predicted octanol–water partition coefficient (Wildman–Crippen LogP) is 1.58. The molecule has 4 rings (SSSR count). The van der Waals surface area contributed by atoms with Gasteiger partial charge in [0.05, 0.1) is 19.9 Å². The van der Waals surface area contributed by atoms with Crippen LogP contribution in [0.3, 0.4) is 0 Å². The average Bonchev–Trinajstić information content (AvgIpc) is 3.37. The van der Waals surface area contributed by atoms with Gasteiger partial charge in [0.15, 0.2) is 5.78 Å². The molecule has 192 valence electrons. The molecule has 1 saturated heterocycles. The normalized spacial score (nSPS) is 23.9. The van der Waals surface area contributed by atoms with Crippen molar-refractivity contribution in [3.05, 3.63) is 60.5 Å². The Balaban J connectivity index is 1.41. The van der Waals surface area contributed by atoms with Crippen LogP contribution in [0.25, 0.3) is 11.3 Å². The zero-order chi connectivity index (χ0) is 25.7. The van der Waals surface area contributed by atoms with Crippen LogP contribution >= 0.6 is 0 Å². The molecule has 0 spiro atoms. The molecule has 5 atom stereocenters. The van der Waals surface area contributed by atoms with Crippen molar-refractivity contribution in [3.8, 4) is 17.0 Å². The fraction of sp³-hybridized carbons (Fsp3) is 0.400. The van der Waals surface area contributed by atoms with E-state index in [0.717, 1.165) is 11.4 Å². The summed E-state index contributed by atoms with van der Waals surface area (Å²) in [7, 11) is 1.59. The molecule has 0 radical (unpaired) electrons. The molecular formula is C25H29FN4O6. The molecule has 1 aliphatic rings. The van der Waals surface area contributed by atoms with E-state index in [2.05, 4.69) is 15.6 Å². The first-order valence-electron chi connectivity index (χ1n) is 11.6. The third kappa shape index (κ3) is 5.71. The van der Waals surface area contributed by atoms with E-state index in [1.54, 1.807) is 13.2 Å². The van der Waals surface area contributed by atoms with Gasteiger partial charge in [0.25, 0.3) is 0 Å². The van der Waals surface area contributed by atoms with Crippen molar-refractivity contribution < 1.29 is 34.0 Å². The zero-order valence-corrected chi connectivity index (χ0v) is 19.7. The molecule has 4 N–H and O–H groups in total. The van der Waals surface area contributed by atoms with Crippen LogP contribution in [-0.4, -0.2) is 80.8 Å². The summed E-state index contributed by atoms with van der Waals surface area (Å²) in [5.41, 5.74) is 1.67. The van der Waals surface area contributed by atoms with Crippen molar-refractivity contribution in [2.45, 2.75) is 43.3 Å². The van der Waals surface area contributed by atoms with Gasteiger partial charge in [-0.05, 0) is 42.8 Å². The van der Waals surface area contributed by atoms with Crippen molar-refractivity contribution >= 4 is 11.5 Å². The minimum Gasteiger partial charge on any atom is -0.497 e. The maximum atomic E-state index is 13.6. The predicted molar refractivity (Wildman–Crippen MR) is 128 cm³/mol. The van der Waals surface area contributed by atoms with E-state index >= 15 is 0 Å². The van der Waals surface area contributed by atoms with Gasteiger partial charge in [0, 0.05) is 24.2 Å². The third-order valence-corrected chi connectivity index (χ3v) is 6.16. The Morgan fingerprint density at radius 2 is 1.97 bits per heavy atom. The first kappa shape index (κ1) is 25.7. The molecule has 2 heterocycles. The largest absolute Gasteiger partial charge is 0.497 e. The second-order valence-electron chi connectivity index (χ2n) is 8.57. The van der Waals surface area contributed by atoms with Crippen LogP contribution in [0.1, 0.15) is 18.9 Å². The number of benzene rings is 2. The lowest BCUT2D eigenvalue weighted by Crippen LogP contribution is -2.58. The van der Waals surface area contributed by atoms with E-state index in [1.807, 2.05) is 24.3 Å². The number of ketones is 1.